The van der Waals surface area contributed by atoms with E-state index in [1.54, 1.807) is 4.90 Å². The van der Waals surface area contributed by atoms with Crippen LogP contribution in [0.5, 0.6) is 0 Å². The molecule has 2 fully saturated rings. The molecule has 2 aliphatic heterocycles. The van der Waals surface area contributed by atoms with Crippen LogP contribution < -0.4 is 5.32 Å². The summed E-state index contributed by atoms with van der Waals surface area (Å²) in [6.45, 7) is 5.68. The molecule has 0 bridgehead atoms. The SMILES string of the molecule is CC1(C(=O)N2CCNCC2)CCCN1C(=O)c1ccccc1. The third-order valence-electron chi connectivity index (χ3n) is 4.77. The van der Waals surface area contributed by atoms with Crippen molar-refractivity contribution >= 4 is 11.8 Å². The van der Waals surface area contributed by atoms with Gasteiger partial charge in [0.1, 0.15) is 5.54 Å². The molecule has 5 heteroatoms. The molecule has 118 valence electrons. The molecule has 2 aliphatic rings. The highest BCUT2D eigenvalue weighted by atomic mass is 16.2. The average molecular weight is 301 g/mol. The van der Waals surface area contributed by atoms with E-state index in [9.17, 15) is 9.59 Å². The van der Waals surface area contributed by atoms with Crippen LogP contribution in [0, 0.1) is 0 Å². The van der Waals surface area contributed by atoms with Gasteiger partial charge in [0, 0.05) is 38.3 Å². The molecule has 1 aromatic carbocycles. The summed E-state index contributed by atoms with van der Waals surface area (Å²) in [5.41, 5.74) is -0.0479. The Labute approximate surface area is 131 Å². The van der Waals surface area contributed by atoms with Crippen molar-refractivity contribution < 1.29 is 9.59 Å². The number of likely N-dealkylation sites (tertiary alicyclic amines) is 1. The van der Waals surface area contributed by atoms with Crippen LogP contribution in [0.3, 0.4) is 0 Å². The molecule has 0 saturated carbocycles. The highest BCUT2D eigenvalue weighted by Gasteiger charge is 2.47. The van der Waals surface area contributed by atoms with E-state index in [1.165, 1.54) is 0 Å². The van der Waals surface area contributed by atoms with Gasteiger partial charge in [0.15, 0.2) is 0 Å². The molecule has 1 unspecified atom stereocenters. The van der Waals surface area contributed by atoms with Crippen molar-refractivity contribution in [2.75, 3.05) is 32.7 Å². The number of carbonyl (C=O) groups is 2. The fourth-order valence-electron chi connectivity index (χ4n) is 3.46. The Hall–Kier alpha value is -1.88. The highest BCUT2D eigenvalue weighted by Crippen LogP contribution is 2.32. The van der Waals surface area contributed by atoms with Gasteiger partial charge in [-0.2, -0.15) is 0 Å². The molecule has 2 saturated heterocycles. The average Bonchev–Trinajstić information content (AvgIpc) is 2.98. The van der Waals surface area contributed by atoms with E-state index in [0.717, 1.165) is 39.0 Å². The number of carbonyl (C=O) groups excluding carboxylic acids is 2. The third kappa shape index (κ3) is 2.61. The fraction of sp³-hybridized carbons (Fsp3) is 0.529. The highest BCUT2D eigenvalue weighted by molar-refractivity contribution is 5.99. The van der Waals surface area contributed by atoms with E-state index >= 15 is 0 Å². The number of benzene rings is 1. The van der Waals surface area contributed by atoms with E-state index in [0.29, 0.717) is 12.1 Å². The number of piperazine rings is 1. The summed E-state index contributed by atoms with van der Waals surface area (Å²) in [6.07, 6.45) is 1.63. The molecule has 1 atom stereocenters. The quantitative estimate of drug-likeness (QED) is 0.890. The second kappa shape index (κ2) is 6.08. The van der Waals surface area contributed by atoms with Crippen molar-refractivity contribution in [2.24, 2.45) is 0 Å². The summed E-state index contributed by atoms with van der Waals surface area (Å²) >= 11 is 0. The predicted octanol–water partition coefficient (Wildman–Crippen LogP) is 1.11. The third-order valence-corrected chi connectivity index (χ3v) is 4.77. The van der Waals surface area contributed by atoms with Crippen LogP contribution in [-0.4, -0.2) is 59.9 Å². The van der Waals surface area contributed by atoms with Crippen molar-refractivity contribution in [1.29, 1.82) is 0 Å². The fourth-order valence-corrected chi connectivity index (χ4v) is 3.46. The van der Waals surface area contributed by atoms with Crippen LogP contribution in [-0.2, 0) is 4.79 Å². The Kier molecular flexibility index (Phi) is 4.16. The summed E-state index contributed by atoms with van der Waals surface area (Å²) < 4.78 is 0. The Bertz CT molecular complexity index is 554. The Balaban J connectivity index is 1.82. The van der Waals surface area contributed by atoms with Crippen molar-refractivity contribution in [1.82, 2.24) is 15.1 Å². The summed E-state index contributed by atoms with van der Waals surface area (Å²) in [6, 6.07) is 9.25. The van der Waals surface area contributed by atoms with Crippen LogP contribution in [0.4, 0.5) is 0 Å². The van der Waals surface area contributed by atoms with E-state index in [-0.39, 0.29) is 11.8 Å². The summed E-state index contributed by atoms with van der Waals surface area (Å²) in [5, 5.41) is 3.26. The maximum Gasteiger partial charge on any atom is 0.254 e. The first kappa shape index (κ1) is 15.0. The van der Waals surface area contributed by atoms with E-state index in [2.05, 4.69) is 5.32 Å². The first-order valence-electron chi connectivity index (χ1n) is 8.00. The number of rotatable bonds is 2. The van der Waals surface area contributed by atoms with Crippen molar-refractivity contribution in [3.8, 4) is 0 Å². The number of amides is 2. The van der Waals surface area contributed by atoms with Gasteiger partial charge in [-0.1, -0.05) is 18.2 Å². The molecule has 22 heavy (non-hydrogen) atoms. The van der Waals surface area contributed by atoms with Crippen LogP contribution >= 0.6 is 0 Å². The van der Waals surface area contributed by atoms with E-state index < -0.39 is 5.54 Å². The minimum atomic E-state index is -0.704. The normalized spacial score (nSPS) is 25.3. The molecule has 0 spiro atoms. The maximum absolute atomic E-state index is 13.0. The largest absolute Gasteiger partial charge is 0.338 e. The van der Waals surface area contributed by atoms with Crippen molar-refractivity contribution in [2.45, 2.75) is 25.3 Å². The lowest BCUT2D eigenvalue weighted by Gasteiger charge is -2.39. The molecule has 0 aromatic heterocycles. The molecular weight excluding hydrogens is 278 g/mol. The minimum Gasteiger partial charge on any atom is -0.338 e. The molecule has 2 amide bonds. The van der Waals surface area contributed by atoms with Crippen molar-refractivity contribution in [3.63, 3.8) is 0 Å². The molecule has 0 aliphatic carbocycles. The smallest absolute Gasteiger partial charge is 0.254 e. The Morgan fingerprint density at radius 1 is 1.09 bits per heavy atom. The lowest BCUT2D eigenvalue weighted by molar-refractivity contribution is -0.141. The number of nitrogens with one attached hydrogen (secondary N) is 1. The zero-order valence-electron chi connectivity index (χ0n) is 13.0. The van der Waals surface area contributed by atoms with Gasteiger partial charge in [0.25, 0.3) is 5.91 Å². The van der Waals surface area contributed by atoms with Gasteiger partial charge < -0.3 is 15.1 Å². The number of hydrogen-bond donors (Lipinski definition) is 1. The van der Waals surface area contributed by atoms with Gasteiger partial charge in [-0.3, -0.25) is 9.59 Å². The lowest BCUT2D eigenvalue weighted by Crippen LogP contribution is -2.59. The minimum absolute atomic E-state index is 0.0379. The molecule has 5 nitrogen and oxygen atoms in total. The van der Waals surface area contributed by atoms with Crippen LogP contribution in [0.15, 0.2) is 30.3 Å². The first-order chi connectivity index (χ1) is 10.6. The summed E-state index contributed by atoms with van der Waals surface area (Å²) in [5.74, 6) is 0.0554. The molecule has 3 rings (SSSR count). The maximum atomic E-state index is 13.0. The molecule has 0 radical (unpaired) electrons. The second-order valence-corrected chi connectivity index (χ2v) is 6.24. The van der Waals surface area contributed by atoms with Gasteiger partial charge in [0.05, 0.1) is 0 Å². The van der Waals surface area contributed by atoms with Gasteiger partial charge in [-0.15, -0.1) is 0 Å². The van der Waals surface area contributed by atoms with Gasteiger partial charge in [0.2, 0.25) is 5.91 Å². The lowest BCUT2D eigenvalue weighted by atomic mass is 9.95. The first-order valence-corrected chi connectivity index (χ1v) is 8.00. The number of hydrogen-bond acceptors (Lipinski definition) is 3. The predicted molar refractivity (Wildman–Crippen MR) is 84.6 cm³/mol. The van der Waals surface area contributed by atoms with Gasteiger partial charge >= 0.3 is 0 Å². The molecular formula is C17H23N3O2. The second-order valence-electron chi connectivity index (χ2n) is 6.24. The topological polar surface area (TPSA) is 52.7 Å². The standard InChI is InChI=1S/C17H23N3O2/c1-17(16(22)19-12-9-18-10-13-19)8-5-11-20(17)15(21)14-6-3-2-4-7-14/h2-4,6-7,18H,5,8-13H2,1H3. The summed E-state index contributed by atoms with van der Waals surface area (Å²) in [7, 11) is 0. The molecule has 1 N–H and O–H groups in total. The Morgan fingerprint density at radius 3 is 2.45 bits per heavy atom. The molecule has 1 aromatic rings. The summed E-state index contributed by atoms with van der Waals surface area (Å²) in [4.78, 5) is 29.4. The van der Waals surface area contributed by atoms with Crippen LogP contribution in [0.2, 0.25) is 0 Å². The Morgan fingerprint density at radius 2 is 1.77 bits per heavy atom. The van der Waals surface area contributed by atoms with E-state index in [1.807, 2.05) is 42.2 Å². The zero-order chi connectivity index (χ0) is 15.6. The van der Waals surface area contributed by atoms with Crippen LogP contribution in [0.25, 0.3) is 0 Å². The van der Waals surface area contributed by atoms with Crippen LogP contribution in [0.1, 0.15) is 30.1 Å². The zero-order valence-corrected chi connectivity index (χ0v) is 13.0. The monoisotopic (exact) mass is 301 g/mol. The molecule has 2 heterocycles. The van der Waals surface area contributed by atoms with Crippen molar-refractivity contribution in [3.05, 3.63) is 35.9 Å². The van der Waals surface area contributed by atoms with Gasteiger partial charge in [-0.05, 0) is 31.9 Å². The van der Waals surface area contributed by atoms with E-state index in [4.69, 9.17) is 0 Å². The van der Waals surface area contributed by atoms with Gasteiger partial charge in [-0.25, -0.2) is 0 Å². The number of nitrogens with zero attached hydrogens (tertiary/aromatic N) is 2.